The minimum Gasteiger partial charge on any atom is -0.394 e. The van der Waals surface area contributed by atoms with Gasteiger partial charge in [0.1, 0.15) is 0 Å². The third kappa shape index (κ3) is 4.49. The number of aliphatic hydroxyl groups is 1. The summed E-state index contributed by atoms with van der Waals surface area (Å²) in [6.45, 7) is 5.95. The Morgan fingerprint density at radius 2 is 1.87 bits per heavy atom. The Kier molecular flexibility index (Phi) is 3.48. The van der Waals surface area contributed by atoms with Gasteiger partial charge in [-0.1, -0.05) is 20.8 Å². The van der Waals surface area contributed by atoms with E-state index in [1.165, 1.54) is 0 Å². The van der Waals surface area contributed by atoms with E-state index in [2.05, 4.69) is 4.72 Å². The van der Waals surface area contributed by atoms with Crippen molar-refractivity contribution in [3.05, 3.63) is 0 Å². The fraction of sp³-hybridized carbons (Fsp3) is 1.00. The van der Waals surface area contributed by atoms with Crippen molar-refractivity contribution in [1.82, 2.24) is 4.72 Å². The molecule has 5 heteroatoms. The Labute approximate surface area is 92.1 Å². The average molecular weight is 235 g/mol. The second kappa shape index (κ2) is 4.03. The van der Waals surface area contributed by atoms with Crippen molar-refractivity contribution in [2.75, 3.05) is 12.4 Å². The zero-order valence-corrected chi connectivity index (χ0v) is 10.5. The highest BCUT2D eigenvalue weighted by Crippen LogP contribution is 2.35. The van der Waals surface area contributed by atoms with Crippen molar-refractivity contribution in [2.24, 2.45) is 5.41 Å². The Bertz CT molecular complexity index is 312. The van der Waals surface area contributed by atoms with E-state index in [0.717, 1.165) is 12.8 Å². The first-order valence-corrected chi connectivity index (χ1v) is 6.96. The lowest BCUT2D eigenvalue weighted by molar-refractivity contribution is 0.246. The molecule has 0 radical (unpaired) electrons. The first-order valence-electron chi connectivity index (χ1n) is 5.31. The highest BCUT2D eigenvalue weighted by atomic mass is 32.2. The lowest BCUT2D eigenvalue weighted by Crippen LogP contribution is -2.41. The van der Waals surface area contributed by atoms with E-state index < -0.39 is 15.6 Å². The van der Waals surface area contributed by atoms with Crippen LogP contribution in [0.1, 0.15) is 40.0 Å². The molecule has 0 aromatic rings. The number of sulfonamides is 1. The maximum atomic E-state index is 11.7. The number of rotatable bonds is 5. The van der Waals surface area contributed by atoms with Crippen LogP contribution in [0.25, 0.3) is 0 Å². The van der Waals surface area contributed by atoms with E-state index in [4.69, 9.17) is 5.11 Å². The molecule has 1 saturated carbocycles. The second-order valence-corrected chi connectivity index (χ2v) is 7.51. The SMILES string of the molecule is CC(C)(C)CCS(=O)(=O)NC1(CO)CC1. The van der Waals surface area contributed by atoms with Crippen LogP contribution < -0.4 is 4.72 Å². The number of aliphatic hydroxyl groups excluding tert-OH is 1. The molecule has 0 amide bonds. The van der Waals surface area contributed by atoms with Crippen LogP contribution in [0.3, 0.4) is 0 Å². The molecule has 4 nitrogen and oxygen atoms in total. The molecule has 0 aromatic carbocycles. The van der Waals surface area contributed by atoms with Gasteiger partial charge < -0.3 is 5.11 Å². The molecule has 2 N–H and O–H groups in total. The summed E-state index contributed by atoms with van der Waals surface area (Å²) in [7, 11) is -3.23. The highest BCUT2D eigenvalue weighted by molar-refractivity contribution is 7.89. The predicted molar refractivity (Wildman–Crippen MR) is 60.0 cm³/mol. The van der Waals surface area contributed by atoms with Gasteiger partial charge in [0.25, 0.3) is 0 Å². The maximum Gasteiger partial charge on any atom is 0.212 e. The average Bonchev–Trinajstić information content (AvgIpc) is 2.81. The normalized spacial score (nSPS) is 20.3. The summed E-state index contributed by atoms with van der Waals surface area (Å²) >= 11 is 0. The van der Waals surface area contributed by atoms with E-state index in [9.17, 15) is 8.42 Å². The summed E-state index contributed by atoms with van der Waals surface area (Å²) in [6, 6.07) is 0. The molecular weight excluding hydrogens is 214 g/mol. The van der Waals surface area contributed by atoms with Crippen molar-refractivity contribution in [2.45, 2.75) is 45.6 Å². The van der Waals surface area contributed by atoms with Crippen LogP contribution in [0.5, 0.6) is 0 Å². The molecule has 0 atom stereocenters. The summed E-state index contributed by atoms with van der Waals surface area (Å²) in [4.78, 5) is 0. The van der Waals surface area contributed by atoms with Crippen molar-refractivity contribution in [1.29, 1.82) is 0 Å². The molecule has 0 heterocycles. The van der Waals surface area contributed by atoms with Crippen molar-refractivity contribution in [3.63, 3.8) is 0 Å². The smallest absolute Gasteiger partial charge is 0.212 e. The Hall–Kier alpha value is -0.130. The molecule has 0 unspecified atom stereocenters. The fourth-order valence-electron chi connectivity index (χ4n) is 1.26. The number of nitrogens with one attached hydrogen (secondary N) is 1. The van der Waals surface area contributed by atoms with Gasteiger partial charge >= 0.3 is 0 Å². The molecule has 0 aromatic heterocycles. The quantitative estimate of drug-likeness (QED) is 0.743. The number of hydrogen-bond acceptors (Lipinski definition) is 3. The van der Waals surface area contributed by atoms with Gasteiger partial charge in [0, 0.05) is 0 Å². The van der Waals surface area contributed by atoms with Crippen LogP contribution in [0.2, 0.25) is 0 Å². The van der Waals surface area contributed by atoms with Crippen LogP contribution in [0.15, 0.2) is 0 Å². The Balaban J connectivity index is 2.46. The zero-order valence-electron chi connectivity index (χ0n) is 9.71. The van der Waals surface area contributed by atoms with E-state index in [1.807, 2.05) is 20.8 Å². The van der Waals surface area contributed by atoms with Gasteiger partial charge in [0.05, 0.1) is 17.9 Å². The zero-order chi connectivity index (χ0) is 11.7. The lowest BCUT2D eigenvalue weighted by Gasteiger charge is -2.20. The molecule has 0 bridgehead atoms. The molecule has 0 spiro atoms. The summed E-state index contributed by atoms with van der Waals surface area (Å²) in [5.74, 6) is 0.137. The molecule has 0 saturated heterocycles. The predicted octanol–water partition coefficient (Wildman–Crippen LogP) is 0.867. The third-order valence-corrected chi connectivity index (χ3v) is 4.13. The Morgan fingerprint density at radius 3 is 2.20 bits per heavy atom. The minimum absolute atomic E-state index is 0.0185. The molecule has 1 aliphatic rings. The second-order valence-electron chi connectivity index (χ2n) is 5.67. The number of hydrogen-bond donors (Lipinski definition) is 2. The van der Waals surface area contributed by atoms with Gasteiger partial charge in [-0.25, -0.2) is 13.1 Å². The molecule has 0 aliphatic heterocycles. The van der Waals surface area contributed by atoms with E-state index in [1.54, 1.807) is 0 Å². The molecule has 90 valence electrons. The van der Waals surface area contributed by atoms with Crippen LogP contribution in [-0.4, -0.2) is 31.4 Å². The van der Waals surface area contributed by atoms with E-state index in [0.29, 0.717) is 6.42 Å². The Morgan fingerprint density at radius 1 is 1.33 bits per heavy atom. The topological polar surface area (TPSA) is 66.4 Å². The van der Waals surface area contributed by atoms with Crippen molar-refractivity contribution < 1.29 is 13.5 Å². The maximum absolute atomic E-state index is 11.7. The van der Waals surface area contributed by atoms with Crippen LogP contribution in [0, 0.1) is 5.41 Å². The molecule has 1 rings (SSSR count). The van der Waals surface area contributed by atoms with Gasteiger partial charge in [-0.3, -0.25) is 0 Å². The van der Waals surface area contributed by atoms with Gasteiger partial charge in [-0.2, -0.15) is 0 Å². The van der Waals surface area contributed by atoms with Crippen LogP contribution >= 0.6 is 0 Å². The van der Waals surface area contributed by atoms with E-state index in [-0.39, 0.29) is 17.8 Å². The van der Waals surface area contributed by atoms with Gasteiger partial charge in [0.15, 0.2) is 0 Å². The third-order valence-electron chi connectivity index (χ3n) is 2.65. The first-order chi connectivity index (χ1) is 6.68. The molecule has 1 fully saturated rings. The monoisotopic (exact) mass is 235 g/mol. The standard InChI is InChI=1S/C10H21NO3S/c1-9(2,3)6-7-15(13,14)11-10(8-12)4-5-10/h11-12H,4-8H2,1-3H3. The summed E-state index contributed by atoms with van der Waals surface area (Å²) < 4.78 is 25.9. The van der Waals surface area contributed by atoms with Crippen LogP contribution in [-0.2, 0) is 10.0 Å². The first kappa shape index (κ1) is 12.9. The molecule has 15 heavy (non-hydrogen) atoms. The highest BCUT2D eigenvalue weighted by Gasteiger charge is 2.45. The summed E-state index contributed by atoms with van der Waals surface area (Å²) in [5.41, 5.74) is -0.513. The fourth-order valence-corrected chi connectivity index (χ4v) is 3.18. The molecular formula is C10H21NO3S. The van der Waals surface area contributed by atoms with Crippen LogP contribution in [0.4, 0.5) is 0 Å². The minimum atomic E-state index is -3.23. The lowest BCUT2D eigenvalue weighted by atomic mass is 9.94. The van der Waals surface area contributed by atoms with E-state index >= 15 is 0 Å². The van der Waals surface area contributed by atoms with Crippen molar-refractivity contribution in [3.8, 4) is 0 Å². The summed E-state index contributed by atoms with van der Waals surface area (Å²) in [5, 5.41) is 9.02. The van der Waals surface area contributed by atoms with Gasteiger partial charge in [-0.15, -0.1) is 0 Å². The van der Waals surface area contributed by atoms with Gasteiger partial charge in [0.2, 0.25) is 10.0 Å². The van der Waals surface area contributed by atoms with Gasteiger partial charge in [-0.05, 0) is 24.7 Å². The molecule has 1 aliphatic carbocycles. The summed E-state index contributed by atoms with van der Waals surface area (Å²) in [6.07, 6.45) is 2.13. The largest absolute Gasteiger partial charge is 0.394 e. The van der Waals surface area contributed by atoms with Crippen molar-refractivity contribution >= 4 is 10.0 Å².